The number of thiophene rings is 2. The number of hydrogen-bond donors (Lipinski definition) is 1. The number of aliphatic imine (C=N–C) groups is 1. The molecule has 3 atom stereocenters. The lowest BCUT2D eigenvalue weighted by Crippen LogP contribution is -2.38. The van der Waals surface area contributed by atoms with Gasteiger partial charge in [0.15, 0.2) is 0 Å². The minimum atomic E-state index is -0.264. The molecule has 2 aliphatic rings. The second kappa shape index (κ2) is 19.7. The van der Waals surface area contributed by atoms with Crippen molar-refractivity contribution in [1.82, 2.24) is 4.57 Å². The molecular weight excluding hydrogens is 629 g/mol. The first-order chi connectivity index (χ1) is 23.6. The molecule has 5 rings (SSSR count). The largest absolute Gasteiger partial charge is 0.494 e. The van der Waals surface area contributed by atoms with Crippen LogP contribution in [0.4, 0.5) is 0 Å². The number of aromatic nitrogens is 1. The second-order valence-corrected chi connectivity index (χ2v) is 16.3. The van der Waals surface area contributed by atoms with E-state index in [1.165, 1.54) is 128 Å². The minimum absolute atomic E-state index is 0.0444. The average Bonchev–Trinajstić information content (AvgIpc) is 3.90. The summed E-state index contributed by atoms with van der Waals surface area (Å²) in [7, 11) is 0. The fourth-order valence-corrected chi connectivity index (χ4v) is 9.53. The highest BCUT2D eigenvalue weighted by Gasteiger charge is 2.39. The number of aromatic hydroxyl groups is 1. The molecule has 1 N–H and O–H groups in total. The van der Waals surface area contributed by atoms with E-state index in [4.69, 9.17) is 0 Å². The molecular formula is C42H60N2O2S2. The second-order valence-electron chi connectivity index (χ2n) is 14.4. The van der Waals surface area contributed by atoms with E-state index in [0.29, 0.717) is 11.8 Å². The van der Waals surface area contributed by atoms with E-state index in [0.717, 1.165) is 38.1 Å². The van der Waals surface area contributed by atoms with Gasteiger partial charge in [0.25, 0.3) is 5.91 Å². The molecule has 1 amide bonds. The van der Waals surface area contributed by atoms with Crippen LogP contribution in [0.5, 0.6) is 5.88 Å². The van der Waals surface area contributed by atoms with Crippen molar-refractivity contribution in [2.75, 3.05) is 0 Å². The molecule has 0 bridgehead atoms. The standard InChI is InChI=1S/C42H60N2O2S2/c1-3-5-7-9-11-13-14-16-18-20-24-32(23-19-17-15-12-10-8-6-4-2)31-44-36-30-33-35(43-41(45)39(33)37-25-21-27-47-37)29-34(36)40(42(44)46)38-26-22-28-48-38/h21-22,25-30,32-33,39,46H,3-20,23-24,31H2,1-2H3. The van der Waals surface area contributed by atoms with Crippen molar-refractivity contribution in [3.63, 3.8) is 0 Å². The SMILES string of the molecule is CCCCCCCCCCCCC(CCCCCCCCCC)Cn1c(O)c(-c2cccs2)c2c1=CC1C(=NC(=O)C1c1cccs1)C=2. The number of nitrogens with zero attached hydrogens (tertiary/aromatic N) is 2. The van der Waals surface area contributed by atoms with E-state index >= 15 is 0 Å². The summed E-state index contributed by atoms with van der Waals surface area (Å²) in [5.41, 5.74) is 1.73. The summed E-state index contributed by atoms with van der Waals surface area (Å²) in [5, 5.41) is 18.2. The van der Waals surface area contributed by atoms with Crippen molar-refractivity contribution in [3.05, 3.63) is 50.5 Å². The molecule has 0 aromatic carbocycles. The molecule has 1 aliphatic carbocycles. The Morgan fingerprint density at radius 1 is 0.771 bits per heavy atom. The normalized spacial score (nSPS) is 17.5. The van der Waals surface area contributed by atoms with Crippen LogP contribution >= 0.6 is 22.7 Å². The summed E-state index contributed by atoms with van der Waals surface area (Å²) in [6.45, 7) is 5.40. The van der Waals surface area contributed by atoms with E-state index in [-0.39, 0.29) is 17.7 Å². The van der Waals surface area contributed by atoms with Crippen LogP contribution in [0.3, 0.4) is 0 Å². The van der Waals surface area contributed by atoms with Gasteiger partial charge in [-0.25, -0.2) is 4.99 Å². The summed E-state index contributed by atoms with van der Waals surface area (Å²) < 4.78 is 2.21. The van der Waals surface area contributed by atoms with Crippen molar-refractivity contribution < 1.29 is 9.90 Å². The van der Waals surface area contributed by atoms with Crippen LogP contribution < -0.4 is 10.6 Å². The molecule has 0 saturated carbocycles. The zero-order valence-electron chi connectivity index (χ0n) is 29.8. The third-order valence-electron chi connectivity index (χ3n) is 10.6. The number of rotatable bonds is 24. The molecule has 0 fully saturated rings. The Kier molecular flexibility index (Phi) is 15.1. The predicted octanol–water partition coefficient (Wildman–Crippen LogP) is 11.4. The third-order valence-corrected chi connectivity index (χ3v) is 12.5. The third kappa shape index (κ3) is 9.84. The summed E-state index contributed by atoms with van der Waals surface area (Å²) >= 11 is 3.30. The van der Waals surface area contributed by atoms with Gasteiger partial charge in [0.1, 0.15) is 0 Å². The number of carbonyl (C=O) groups is 1. The van der Waals surface area contributed by atoms with E-state index in [9.17, 15) is 9.90 Å². The van der Waals surface area contributed by atoms with Crippen LogP contribution in [-0.2, 0) is 11.3 Å². The van der Waals surface area contributed by atoms with Gasteiger partial charge in [0, 0.05) is 32.8 Å². The summed E-state index contributed by atoms with van der Waals surface area (Å²) in [4.78, 5) is 19.9. The van der Waals surface area contributed by atoms with E-state index < -0.39 is 0 Å². The Hall–Kier alpha value is -2.44. The van der Waals surface area contributed by atoms with Gasteiger partial charge in [-0.2, -0.15) is 0 Å². The Morgan fingerprint density at radius 2 is 1.33 bits per heavy atom. The van der Waals surface area contributed by atoms with Gasteiger partial charge >= 0.3 is 0 Å². The zero-order valence-corrected chi connectivity index (χ0v) is 31.4. The number of hydrogen-bond acceptors (Lipinski definition) is 4. The minimum Gasteiger partial charge on any atom is -0.494 e. The van der Waals surface area contributed by atoms with Crippen LogP contribution in [0.25, 0.3) is 22.6 Å². The van der Waals surface area contributed by atoms with Gasteiger partial charge in [-0.15, -0.1) is 22.7 Å². The molecule has 262 valence electrons. The lowest BCUT2D eigenvalue weighted by molar-refractivity contribution is -0.118. The number of carbonyl (C=O) groups excluding carboxylic acids is 1. The maximum Gasteiger partial charge on any atom is 0.255 e. The summed E-state index contributed by atoms with van der Waals surface area (Å²) in [6, 6.07) is 8.24. The lowest BCUT2D eigenvalue weighted by Gasteiger charge is -2.20. The molecule has 3 aromatic heterocycles. The molecule has 3 aromatic rings. The van der Waals surface area contributed by atoms with Crippen molar-refractivity contribution >= 4 is 46.4 Å². The fraction of sp³-hybridized carbons (Fsp3) is 0.619. The van der Waals surface area contributed by atoms with Crippen LogP contribution in [0.15, 0.2) is 40.0 Å². The maximum absolute atomic E-state index is 13.2. The van der Waals surface area contributed by atoms with Crippen molar-refractivity contribution in [2.24, 2.45) is 16.8 Å². The number of unbranched alkanes of at least 4 members (excludes halogenated alkanes) is 16. The first-order valence-corrected chi connectivity index (χ1v) is 21.2. The first kappa shape index (κ1) is 36.8. The van der Waals surface area contributed by atoms with Gasteiger partial charge < -0.3 is 9.67 Å². The fourth-order valence-electron chi connectivity index (χ4n) is 7.88. The Balaban J connectivity index is 1.31. The molecule has 0 spiro atoms. The van der Waals surface area contributed by atoms with Crippen molar-refractivity contribution in [1.29, 1.82) is 0 Å². The quantitative estimate of drug-likeness (QED) is 0.0952. The molecule has 4 heterocycles. The van der Waals surface area contributed by atoms with Gasteiger partial charge in [-0.3, -0.25) is 4.79 Å². The molecule has 3 unspecified atom stereocenters. The highest BCUT2D eigenvalue weighted by molar-refractivity contribution is 7.13. The Bertz CT molecular complexity index is 1530. The van der Waals surface area contributed by atoms with Crippen LogP contribution in [0.2, 0.25) is 0 Å². The monoisotopic (exact) mass is 688 g/mol. The summed E-state index contributed by atoms with van der Waals surface area (Å²) in [6.07, 6.45) is 31.0. The average molecular weight is 689 g/mol. The van der Waals surface area contributed by atoms with E-state index in [2.05, 4.69) is 59.1 Å². The molecule has 48 heavy (non-hydrogen) atoms. The predicted molar refractivity (Wildman–Crippen MR) is 208 cm³/mol. The molecule has 0 saturated heterocycles. The Labute approximate surface area is 298 Å². The molecule has 4 nitrogen and oxygen atoms in total. The van der Waals surface area contributed by atoms with E-state index in [1.807, 2.05) is 11.4 Å². The van der Waals surface area contributed by atoms with Crippen LogP contribution in [0, 0.1) is 11.8 Å². The van der Waals surface area contributed by atoms with Crippen molar-refractivity contribution in [2.45, 2.75) is 155 Å². The van der Waals surface area contributed by atoms with Gasteiger partial charge in [0.05, 0.1) is 17.2 Å². The zero-order chi connectivity index (χ0) is 33.6. The topological polar surface area (TPSA) is 54.6 Å². The molecule has 0 radical (unpaired) electrons. The molecule has 1 aliphatic heterocycles. The Morgan fingerprint density at radius 3 is 1.88 bits per heavy atom. The van der Waals surface area contributed by atoms with Crippen LogP contribution in [-0.4, -0.2) is 21.3 Å². The lowest BCUT2D eigenvalue weighted by atomic mass is 9.86. The van der Waals surface area contributed by atoms with Gasteiger partial charge in [-0.1, -0.05) is 142 Å². The highest BCUT2D eigenvalue weighted by atomic mass is 32.1. The van der Waals surface area contributed by atoms with E-state index in [1.54, 1.807) is 22.7 Å². The number of fused-ring (bicyclic) bond motifs is 2. The van der Waals surface area contributed by atoms with Crippen molar-refractivity contribution in [3.8, 4) is 16.3 Å². The van der Waals surface area contributed by atoms with Crippen LogP contribution in [0.1, 0.15) is 153 Å². The first-order valence-electron chi connectivity index (χ1n) is 19.5. The number of amides is 1. The van der Waals surface area contributed by atoms with Gasteiger partial charge in [0.2, 0.25) is 5.88 Å². The maximum atomic E-state index is 13.2. The van der Waals surface area contributed by atoms with Gasteiger partial charge in [-0.05, 0) is 53.8 Å². The molecule has 6 heteroatoms. The summed E-state index contributed by atoms with van der Waals surface area (Å²) in [5.74, 6) is 0.510. The highest BCUT2D eigenvalue weighted by Crippen LogP contribution is 2.39. The smallest absolute Gasteiger partial charge is 0.255 e.